The van der Waals surface area contributed by atoms with Crippen LogP contribution in [0, 0.1) is 0 Å². The summed E-state index contributed by atoms with van der Waals surface area (Å²) in [5, 5.41) is 2.55. The van der Waals surface area contributed by atoms with Crippen molar-refractivity contribution in [3.63, 3.8) is 0 Å². The lowest BCUT2D eigenvalue weighted by molar-refractivity contribution is 0.0953. The van der Waals surface area contributed by atoms with E-state index in [4.69, 9.17) is 22.3 Å². The number of amides is 1. The Labute approximate surface area is 129 Å². The highest BCUT2D eigenvalue weighted by Crippen LogP contribution is 2.25. The van der Waals surface area contributed by atoms with Crippen LogP contribution in [0.1, 0.15) is 16.8 Å². The molecular formula is C11H13Cl2NO4S2. The van der Waals surface area contributed by atoms with Gasteiger partial charge < -0.3 is 5.32 Å². The summed E-state index contributed by atoms with van der Waals surface area (Å²) >= 11 is 5.72. The zero-order valence-corrected chi connectivity index (χ0v) is 13.7. The smallest absolute Gasteiger partial charge is 0.262 e. The van der Waals surface area contributed by atoms with Crippen molar-refractivity contribution in [3.8, 4) is 0 Å². The molecule has 0 bridgehead atoms. The molecule has 0 saturated carbocycles. The lowest BCUT2D eigenvalue weighted by Gasteiger charge is -2.06. The molecule has 0 radical (unpaired) electrons. The van der Waals surface area contributed by atoms with Crippen LogP contribution < -0.4 is 5.32 Å². The van der Waals surface area contributed by atoms with Gasteiger partial charge in [0, 0.05) is 45.6 Å². The third kappa shape index (κ3) is 5.40. The minimum Gasteiger partial charge on any atom is -0.352 e. The maximum absolute atomic E-state index is 11.8. The molecular weight excluding hydrogens is 345 g/mol. The molecule has 0 aromatic heterocycles. The summed E-state index contributed by atoms with van der Waals surface area (Å²) in [5.74, 6) is 0.0486. The minimum atomic E-state index is -4.01. The average Bonchev–Trinajstić information content (AvgIpc) is 2.33. The van der Waals surface area contributed by atoms with Crippen LogP contribution in [0.4, 0.5) is 0 Å². The van der Waals surface area contributed by atoms with Crippen molar-refractivity contribution in [2.45, 2.75) is 11.3 Å². The predicted octanol–water partition coefficient (Wildman–Crippen LogP) is 1.77. The Morgan fingerprint density at radius 2 is 2.05 bits per heavy atom. The van der Waals surface area contributed by atoms with E-state index in [0.29, 0.717) is 18.7 Å². The van der Waals surface area contributed by atoms with E-state index in [1.165, 1.54) is 12.1 Å². The van der Waals surface area contributed by atoms with Crippen LogP contribution in [0.5, 0.6) is 0 Å². The maximum atomic E-state index is 11.8. The Hall–Kier alpha value is -0.630. The molecule has 9 heteroatoms. The monoisotopic (exact) mass is 357 g/mol. The Kier molecular flexibility index (Phi) is 6.44. The van der Waals surface area contributed by atoms with E-state index in [1.54, 1.807) is 6.26 Å². The summed E-state index contributed by atoms with van der Waals surface area (Å²) in [5.41, 5.74) is 0.145. The molecule has 1 aromatic rings. The predicted molar refractivity (Wildman–Crippen MR) is 80.4 cm³/mol. The standard InChI is InChI=1S/C11H13Cl2NO4S2/c1-19(16)6-2-5-14-11(15)8-3-4-9(12)10(7-8)20(13,17)18/h3-4,7H,2,5-6H2,1H3,(H,14,15). The van der Waals surface area contributed by atoms with Gasteiger partial charge in [0.25, 0.3) is 15.0 Å². The molecule has 1 atom stereocenters. The highest BCUT2D eigenvalue weighted by molar-refractivity contribution is 8.13. The van der Waals surface area contributed by atoms with Gasteiger partial charge >= 0.3 is 0 Å². The van der Waals surface area contributed by atoms with Crippen LogP contribution in [0.15, 0.2) is 23.1 Å². The fourth-order valence-electron chi connectivity index (χ4n) is 1.41. The molecule has 112 valence electrons. The first-order valence-electron chi connectivity index (χ1n) is 5.54. The molecule has 1 aromatic carbocycles. The molecule has 1 rings (SSSR count). The van der Waals surface area contributed by atoms with E-state index in [1.807, 2.05) is 0 Å². The molecule has 0 heterocycles. The second-order valence-corrected chi connectivity index (χ2v) is 8.47. The SMILES string of the molecule is CS(=O)CCCNC(=O)c1ccc(Cl)c(S(=O)(=O)Cl)c1. The van der Waals surface area contributed by atoms with Crippen molar-refractivity contribution < 1.29 is 17.4 Å². The number of benzene rings is 1. The number of carbonyl (C=O) groups is 1. The molecule has 0 spiro atoms. The molecule has 0 fully saturated rings. The first-order valence-corrected chi connectivity index (χ1v) is 9.95. The van der Waals surface area contributed by atoms with Crippen LogP contribution in [0.2, 0.25) is 5.02 Å². The topological polar surface area (TPSA) is 80.3 Å². The van der Waals surface area contributed by atoms with Crippen LogP contribution in [0.25, 0.3) is 0 Å². The molecule has 1 amide bonds. The van der Waals surface area contributed by atoms with Crippen molar-refractivity contribution in [1.29, 1.82) is 0 Å². The third-order valence-corrected chi connectivity index (χ3v) is 5.02. The third-order valence-electron chi connectivity index (χ3n) is 2.35. The normalized spacial score (nSPS) is 12.9. The van der Waals surface area contributed by atoms with Crippen LogP contribution in [-0.4, -0.2) is 37.1 Å². The van der Waals surface area contributed by atoms with Crippen LogP contribution >= 0.6 is 22.3 Å². The van der Waals surface area contributed by atoms with Gasteiger partial charge in [0.05, 0.1) is 5.02 Å². The van der Waals surface area contributed by atoms with Gasteiger partial charge in [0.2, 0.25) is 0 Å². The van der Waals surface area contributed by atoms with Gasteiger partial charge in [0.1, 0.15) is 4.90 Å². The van der Waals surface area contributed by atoms with Crippen molar-refractivity contribution in [2.24, 2.45) is 0 Å². The number of nitrogens with one attached hydrogen (secondary N) is 1. The summed E-state index contributed by atoms with van der Waals surface area (Å²) in [7, 11) is 0.310. The van der Waals surface area contributed by atoms with Crippen molar-refractivity contribution in [3.05, 3.63) is 28.8 Å². The van der Waals surface area contributed by atoms with E-state index in [-0.39, 0.29) is 15.5 Å². The summed E-state index contributed by atoms with van der Waals surface area (Å²) < 4.78 is 33.4. The molecule has 0 aliphatic rings. The molecule has 5 nitrogen and oxygen atoms in total. The van der Waals surface area contributed by atoms with Gasteiger partial charge in [-0.3, -0.25) is 9.00 Å². The molecule has 0 aliphatic heterocycles. The molecule has 1 unspecified atom stereocenters. The van der Waals surface area contributed by atoms with Crippen molar-refractivity contribution in [1.82, 2.24) is 5.32 Å². The van der Waals surface area contributed by atoms with Gasteiger partial charge in [-0.1, -0.05) is 11.6 Å². The van der Waals surface area contributed by atoms with E-state index in [9.17, 15) is 17.4 Å². The minimum absolute atomic E-state index is 0.0436. The summed E-state index contributed by atoms with van der Waals surface area (Å²) in [6, 6.07) is 3.83. The van der Waals surface area contributed by atoms with E-state index in [0.717, 1.165) is 6.07 Å². The zero-order valence-electron chi connectivity index (χ0n) is 10.6. The quantitative estimate of drug-likeness (QED) is 0.621. The van der Waals surface area contributed by atoms with Gasteiger partial charge in [-0.15, -0.1) is 0 Å². The van der Waals surface area contributed by atoms with Gasteiger partial charge in [-0.05, 0) is 24.6 Å². The first-order chi connectivity index (χ1) is 9.21. The highest BCUT2D eigenvalue weighted by atomic mass is 35.7. The fourth-order valence-corrected chi connectivity index (χ4v) is 3.45. The highest BCUT2D eigenvalue weighted by Gasteiger charge is 2.17. The number of rotatable bonds is 6. The Morgan fingerprint density at radius 1 is 1.40 bits per heavy atom. The number of hydrogen-bond donors (Lipinski definition) is 1. The van der Waals surface area contributed by atoms with Gasteiger partial charge in [-0.2, -0.15) is 0 Å². The lowest BCUT2D eigenvalue weighted by atomic mass is 10.2. The first kappa shape index (κ1) is 17.4. The zero-order chi connectivity index (χ0) is 15.3. The second kappa shape index (κ2) is 7.40. The Morgan fingerprint density at radius 3 is 2.60 bits per heavy atom. The molecule has 1 N–H and O–H groups in total. The summed E-state index contributed by atoms with van der Waals surface area (Å²) in [6.45, 7) is 0.351. The van der Waals surface area contributed by atoms with Gasteiger partial charge in [0.15, 0.2) is 0 Å². The van der Waals surface area contributed by atoms with Crippen LogP contribution in [0.3, 0.4) is 0 Å². The van der Waals surface area contributed by atoms with E-state index in [2.05, 4.69) is 5.32 Å². The molecule has 0 aliphatic carbocycles. The number of carbonyl (C=O) groups excluding carboxylic acids is 1. The fraction of sp³-hybridized carbons (Fsp3) is 0.364. The van der Waals surface area contributed by atoms with Crippen molar-refractivity contribution in [2.75, 3.05) is 18.6 Å². The summed E-state index contributed by atoms with van der Waals surface area (Å²) in [6.07, 6.45) is 2.15. The number of halogens is 2. The van der Waals surface area contributed by atoms with E-state index >= 15 is 0 Å². The Balaban J connectivity index is 2.77. The second-order valence-electron chi connectivity index (χ2n) is 3.97. The van der Waals surface area contributed by atoms with E-state index < -0.39 is 25.8 Å². The largest absolute Gasteiger partial charge is 0.352 e. The molecule has 0 saturated heterocycles. The maximum Gasteiger partial charge on any atom is 0.262 e. The summed E-state index contributed by atoms with van der Waals surface area (Å²) in [4.78, 5) is 11.5. The molecule has 20 heavy (non-hydrogen) atoms. The Bertz CT molecular complexity index is 631. The number of hydrogen-bond acceptors (Lipinski definition) is 4. The van der Waals surface area contributed by atoms with Crippen molar-refractivity contribution >= 4 is 48.0 Å². The lowest BCUT2D eigenvalue weighted by Crippen LogP contribution is -2.25. The van der Waals surface area contributed by atoms with Crippen LogP contribution in [-0.2, 0) is 19.9 Å². The van der Waals surface area contributed by atoms with Gasteiger partial charge in [-0.25, -0.2) is 8.42 Å². The average molecular weight is 358 g/mol.